The number of piperidine rings is 1. The van der Waals surface area contributed by atoms with E-state index < -0.39 is 5.54 Å². The normalized spacial score (nSPS) is 20.8. The highest BCUT2D eigenvalue weighted by atomic mass is 16.5. The van der Waals surface area contributed by atoms with Crippen molar-refractivity contribution in [3.63, 3.8) is 0 Å². The Morgan fingerprint density at radius 1 is 1.07 bits per heavy atom. The third kappa shape index (κ3) is 4.00. The van der Waals surface area contributed by atoms with Crippen LogP contribution in [0.15, 0.2) is 24.3 Å². The molecule has 2 fully saturated rings. The Hall–Kier alpha value is -2.08. The van der Waals surface area contributed by atoms with Crippen LogP contribution >= 0.6 is 0 Å². The lowest BCUT2D eigenvalue weighted by atomic mass is 9.84. The number of imide groups is 1. The molecule has 6 heteroatoms. The molecule has 3 rings (SSSR count). The number of urea groups is 1. The van der Waals surface area contributed by atoms with E-state index in [0.717, 1.165) is 37.2 Å². The zero-order valence-corrected chi connectivity index (χ0v) is 18.5. The number of methoxy groups -OCH3 is 1. The van der Waals surface area contributed by atoms with E-state index in [1.807, 2.05) is 43.0 Å². The van der Waals surface area contributed by atoms with Crippen LogP contribution in [0.1, 0.15) is 52.5 Å². The molecule has 1 atom stereocenters. The fourth-order valence-electron chi connectivity index (χ4n) is 4.61. The van der Waals surface area contributed by atoms with Crippen LogP contribution in [0, 0.1) is 0 Å². The van der Waals surface area contributed by atoms with E-state index in [9.17, 15) is 9.59 Å². The molecule has 29 heavy (non-hydrogen) atoms. The van der Waals surface area contributed by atoms with Gasteiger partial charge in [0, 0.05) is 31.7 Å². The molecule has 160 valence electrons. The Labute approximate surface area is 174 Å². The second-order valence-corrected chi connectivity index (χ2v) is 8.63. The average molecular weight is 402 g/mol. The van der Waals surface area contributed by atoms with Gasteiger partial charge in [-0.15, -0.1) is 0 Å². The SMILES string of the molecule is CCC(C)N1CCC2(CC1)C(=O)N(C(C)C)C(=O)N2CCc1ccc(OC)cc1. The molecule has 1 spiro atoms. The second kappa shape index (κ2) is 8.74. The third-order valence-corrected chi connectivity index (χ3v) is 6.71. The first-order chi connectivity index (χ1) is 13.8. The molecule has 1 unspecified atom stereocenters. The molecule has 6 nitrogen and oxygen atoms in total. The summed E-state index contributed by atoms with van der Waals surface area (Å²) in [5.74, 6) is 0.817. The summed E-state index contributed by atoms with van der Waals surface area (Å²) in [6.07, 6.45) is 3.26. The number of benzene rings is 1. The first-order valence-corrected chi connectivity index (χ1v) is 10.9. The van der Waals surface area contributed by atoms with E-state index in [1.54, 1.807) is 7.11 Å². The van der Waals surface area contributed by atoms with Crippen molar-refractivity contribution < 1.29 is 14.3 Å². The quantitative estimate of drug-likeness (QED) is 0.656. The molecule has 1 aromatic rings. The number of likely N-dealkylation sites (tertiary alicyclic amines) is 1. The van der Waals surface area contributed by atoms with Gasteiger partial charge in [0.25, 0.3) is 5.91 Å². The average Bonchev–Trinajstić information content (AvgIpc) is 2.93. The molecule has 0 aromatic heterocycles. The van der Waals surface area contributed by atoms with Crippen molar-refractivity contribution >= 4 is 11.9 Å². The summed E-state index contributed by atoms with van der Waals surface area (Å²) in [4.78, 5) is 32.4. The van der Waals surface area contributed by atoms with Gasteiger partial charge in [-0.3, -0.25) is 9.69 Å². The van der Waals surface area contributed by atoms with Gasteiger partial charge in [-0.25, -0.2) is 4.79 Å². The van der Waals surface area contributed by atoms with E-state index in [4.69, 9.17) is 4.74 Å². The number of rotatable bonds is 7. The Kier molecular flexibility index (Phi) is 6.52. The number of ether oxygens (including phenoxy) is 1. The van der Waals surface area contributed by atoms with E-state index >= 15 is 0 Å². The van der Waals surface area contributed by atoms with Crippen molar-refractivity contribution in [2.24, 2.45) is 0 Å². The standard InChI is InChI=1S/C23H35N3O3/c1-6-18(4)24-15-12-23(13-16-24)21(27)26(17(2)3)22(28)25(23)14-11-19-7-9-20(29-5)10-8-19/h7-10,17-18H,6,11-16H2,1-5H3. The maximum atomic E-state index is 13.4. The molecular weight excluding hydrogens is 366 g/mol. The van der Waals surface area contributed by atoms with Crippen LogP contribution in [-0.4, -0.2) is 71.0 Å². The smallest absolute Gasteiger partial charge is 0.327 e. The number of nitrogens with zero attached hydrogens (tertiary/aromatic N) is 3. The minimum atomic E-state index is -0.683. The molecule has 0 N–H and O–H groups in total. The highest BCUT2D eigenvalue weighted by Gasteiger charge is 2.58. The lowest BCUT2D eigenvalue weighted by molar-refractivity contribution is -0.137. The van der Waals surface area contributed by atoms with Gasteiger partial charge >= 0.3 is 6.03 Å². The first-order valence-electron chi connectivity index (χ1n) is 10.9. The summed E-state index contributed by atoms with van der Waals surface area (Å²) >= 11 is 0. The Balaban J connectivity index is 1.79. The molecule has 0 bridgehead atoms. The van der Waals surface area contributed by atoms with Crippen molar-refractivity contribution in [3.8, 4) is 5.75 Å². The number of hydrogen-bond acceptors (Lipinski definition) is 4. The maximum Gasteiger partial charge on any atom is 0.327 e. The summed E-state index contributed by atoms with van der Waals surface area (Å²) in [7, 11) is 1.65. The van der Waals surface area contributed by atoms with Gasteiger partial charge in [-0.05, 0) is 64.2 Å². The van der Waals surface area contributed by atoms with Crippen molar-refractivity contribution in [3.05, 3.63) is 29.8 Å². The Bertz CT molecular complexity index is 723. The molecule has 0 radical (unpaired) electrons. The lowest BCUT2D eigenvalue weighted by Crippen LogP contribution is -2.58. The maximum absolute atomic E-state index is 13.4. The number of carbonyl (C=O) groups is 2. The van der Waals surface area contributed by atoms with Crippen LogP contribution in [0.5, 0.6) is 5.75 Å². The Morgan fingerprint density at radius 2 is 1.69 bits per heavy atom. The molecule has 1 aromatic carbocycles. The molecule has 0 aliphatic carbocycles. The number of carbonyl (C=O) groups excluding carboxylic acids is 2. The molecule has 3 amide bonds. The van der Waals surface area contributed by atoms with Crippen molar-refractivity contribution in [2.75, 3.05) is 26.7 Å². The van der Waals surface area contributed by atoms with Gasteiger partial charge in [0.2, 0.25) is 0 Å². The van der Waals surface area contributed by atoms with Crippen LogP contribution in [0.4, 0.5) is 4.79 Å². The second-order valence-electron chi connectivity index (χ2n) is 8.63. The fraction of sp³-hybridized carbons (Fsp3) is 0.652. The molecule has 2 saturated heterocycles. The van der Waals surface area contributed by atoms with Crippen LogP contribution in [0.3, 0.4) is 0 Å². The van der Waals surface area contributed by atoms with E-state index in [0.29, 0.717) is 25.4 Å². The zero-order valence-electron chi connectivity index (χ0n) is 18.5. The van der Waals surface area contributed by atoms with Crippen LogP contribution in [0.25, 0.3) is 0 Å². The number of hydrogen-bond donors (Lipinski definition) is 0. The summed E-state index contributed by atoms with van der Waals surface area (Å²) in [6.45, 7) is 10.6. The molecule has 2 aliphatic heterocycles. The van der Waals surface area contributed by atoms with Crippen molar-refractivity contribution in [1.29, 1.82) is 0 Å². The van der Waals surface area contributed by atoms with E-state index in [1.165, 1.54) is 4.90 Å². The summed E-state index contributed by atoms with van der Waals surface area (Å²) < 4.78 is 5.23. The largest absolute Gasteiger partial charge is 0.497 e. The fourth-order valence-corrected chi connectivity index (χ4v) is 4.61. The summed E-state index contributed by atoms with van der Waals surface area (Å²) in [5, 5.41) is 0. The number of amides is 3. The van der Waals surface area contributed by atoms with Crippen LogP contribution < -0.4 is 4.74 Å². The summed E-state index contributed by atoms with van der Waals surface area (Å²) in [6, 6.07) is 8.19. The molecule has 2 aliphatic rings. The first kappa shape index (κ1) is 21.6. The summed E-state index contributed by atoms with van der Waals surface area (Å²) in [5.41, 5.74) is 0.457. The molecular formula is C23H35N3O3. The van der Waals surface area contributed by atoms with Gasteiger partial charge in [0.1, 0.15) is 11.3 Å². The van der Waals surface area contributed by atoms with E-state index in [-0.39, 0.29) is 18.0 Å². The predicted molar refractivity (Wildman–Crippen MR) is 114 cm³/mol. The van der Waals surface area contributed by atoms with Crippen molar-refractivity contribution in [1.82, 2.24) is 14.7 Å². The van der Waals surface area contributed by atoms with Crippen molar-refractivity contribution in [2.45, 2.75) is 71.0 Å². The third-order valence-electron chi connectivity index (χ3n) is 6.71. The topological polar surface area (TPSA) is 53.1 Å². The van der Waals surface area contributed by atoms with Gasteiger partial charge < -0.3 is 14.5 Å². The van der Waals surface area contributed by atoms with Gasteiger partial charge in [0.05, 0.1) is 7.11 Å². The molecule has 0 saturated carbocycles. The monoisotopic (exact) mass is 401 g/mol. The minimum Gasteiger partial charge on any atom is -0.497 e. The Morgan fingerprint density at radius 3 is 2.21 bits per heavy atom. The van der Waals surface area contributed by atoms with Gasteiger partial charge in [-0.2, -0.15) is 0 Å². The molecule has 2 heterocycles. The lowest BCUT2D eigenvalue weighted by Gasteiger charge is -2.44. The van der Waals surface area contributed by atoms with Gasteiger partial charge in [-0.1, -0.05) is 19.1 Å². The van der Waals surface area contributed by atoms with E-state index in [2.05, 4.69) is 18.7 Å². The van der Waals surface area contributed by atoms with Crippen LogP contribution in [0.2, 0.25) is 0 Å². The minimum absolute atomic E-state index is 0.00367. The van der Waals surface area contributed by atoms with Crippen LogP contribution in [-0.2, 0) is 11.2 Å². The zero-order chi connectivity index (χ0) is 21.2. The van der Waals surface area contributed by atoms with Gasteiger partial charge in [0.15, 0.2) is 0 Å². The highest BCUT2D eigenvalue weighted by Crippen LogP contribution is 2.39. The highest BCUT2D eigenvalue weighted by molar-refractivity contribution is 6.07. The predicted octanol–water partition coefficient (Wildman–Crippen LogP) is 3.54.